The molecule has 0 aliphatic carbocycles. The van der Waals surface area contributed by atoms with E-state index in [1.807, 2.05) is 27.7 Å². The fraction of sp³-hybridized carbons (Fsp3) is 0.588. The summed E-state index contributed by atoms with van der Waals surface area (Å²) in [6.07, 6.45) is -0.633. The number of benzene rings is 1. The van der Waals surface area contributed by atoms with Crippen molar-refractivity contribution in [1.29, 1.82) is 0 Å². The highest BCUT2D eigenvalue weighted by Crippen LogP contribution is 2.37. The van der Waals surface area contributed by atoms with Crippen molar-refractivity contribution in [2.24, 2.45) is 0 Å². The number of carboxylic acids is 1. The zero-order valence-corrected chi connectivity index (χ0v) is 15.1. The number of rotatable bonds is 6. The van der Waals surface area contributed by atoms with Crippen LogP contribution in [0.3, 0.4) is 0 Å². The van der Waals surface area contributed by atoms with E-state index in [-0.39, 0.29) is 18.3 Å². The monoisotopic (exact) mass is 356 g/mol. The van der Waals surface area contributed by atoms with Gasteiger partial charge in [-0.3, -0.25) is 4.79 Å². The minimum Gasteiger partial charge on any atom is -0.485 e. The predicted octanol–water partition coefficient (Wildman–Crippen LogP) is 2.90. The van der Waals surface area contributed by atoms with E-state index in [1.54, 1.807) is 6.92 Å². The van der Waals surface area contributed by atoms with E-state index in [2.05, 4.69) is 0 Å². The number of hydrogen-bond acceptors (Lipinski definition) is 4. The maximum Gasteiger partial charge on any atom is 0.495 e. The molecule has 1 fully saturated rings. The van der Waals surface area contributed by atoms with Gasteiger partial charge in [0.25, 0.3) is 0 Å². The number of halogens is 2. The normalized spacial score (nSPS) is 19.7. The molecule has 138 valence electrons. The number of ether oxygens (including phenoxy) is 1. The molecule has 0 saturated carbocycles. The molecule has 0 bridgehead atoms. The zero-order valence-electron chi connectivity index (χ0n) is 15.1. The van der Waals surface area contributed by atoms with Gasteiger partial charge in [-0.15, -0.1) is 0 Å². The van der Waals surface area contributed by atoms with Gasteiger partial charge in [0, 0.05) is 6.42 Å². The molecular weight excluding hydrogens is 333 g/mol. The maximum atomic E-state index is 14.3. The van der Waals surface area contributed by atoms with Crippen molar-refractivity contribution in [3.63, 3.8) is 0 Å². The van der Waals surface area contributed by atoms with Crippen LogP contribution < -0.4 is 10.2 Å². The highest BCUT2D eigenvalue weighted by molar-refractivity contribution is 6.62. The Morgan fingerprint density at radius 3 is 2.12 bits per heavy atom. The lowest BCUT2D eigenvalue weighted by Gasteiger charge is -2.32. The van der Waals surface area contributed by atoms with Crippen LogP contribution in [-0.2, 0) is 14.1 Å². The summed E-state index contributed by atoms with van der Waals surface area (Å²) in [5.74, 6) is -3.29. The van der Waals surface area contributed by atoms with Crippen LogP contribution in [0.5, 0.6) is 5.75 Å². The summed E-state index contributed by atoms with van der Waals surface area (Å²) in [7, 11) is -0.882. The topological polar surface area (TPSA) is 65.0 Å². The summed E-state index contributed by atoms with van der Waals surface area (Å²) >= 11 is 0. The smallest absolute Gasteiger partial charge is 0.485 e. The summed E-state index contributed by atoms with van der Waals surface area (Å²) in [5, 5.41) is 8.65. The molecule has 1 N–H and O–H groups in total. The van der Waals surface area contributed by atoms with E-state index < -0.39 is 47.8 Å². The average Bonchev–Trinajstić information content (AvgIpc) is 2.69. The van der Waals surface area contributed by atoms with E-state index >= 15 is 0 Å². The first-order chi connectivity index (χ1) is 11.4. The van der Waals surface area contributed by atoms with Crippen molar-refractivity contribution < 1.29 is 32.7 Å². The van der Waals surface area contributed by atoms with E-state index in [9.17, 15) is 13.6 Å². The molecule has 0 spiro atoms. The molecule has 0 radical (unpaired) electrons. The summed E-state index contributed by atoms with van der Waals surface area (Å²) in [4.78, 5) is 10.6. The van der Waals surface area contributed by atoms with Gasteiger partial charge in [-0.25, -0.2) is 8.78 Å². The molecular formula is C17H23BF2O5. The SMILES string of the molecule is C[C@H](CCC(=O)O)Oc1c(F)cc(B2OC(C)(C)C(C)(C)O2)cc1F. The quantitative estimate of drug-likeness (QED) is 0.794. The van der Waals surface area contributed by atoms with Crippen molar-refractivity contribution in [1.82, 2.24) is 0 Å². The Morgan fingerprint density at radius 2 is 1.68 bits per heavy atom. The summed E-state index contributed by atoms with van der Waals surface area (Å²) in [6.45, 7) is 8.95. The second-order valence-electron chi connectivity index (χ2n) is 7.26. The zero-order chi connectivity index (χ0) is 19.0. The summed E-state index contributed by atoms with van der Waals surface area (Å²) in [5.41, 5.74) is -1.02. The van der Waals surface area contributed by atoms with Gasteiger partial charge < -0.3 is 19.2 Å². The third kappa shape index (κ3) is 4.30. The molecule has 1 aliphatic rings. The Bertz CT molecular complexity index is 623. The van der Waals surface area contributed by atoms with Crippen molar-refractivity contribution in [3.8, 4) is 5.75 Å². The predicted molar refractivity (Wildman–Crippen MR) is 89.0 cm³/mol. The van der Waals surface area contributed by atoms with Crippen LogP contribution in [0.1, 0.15) is 47.5 Å². The molecule has 1 aliphatic heterocycles. The minimum atomic E-state index is -0.993. The third-order valence-corrected chi connectivity index (χ3v) is 4.63. The Kier molecular flexibility index (Phi) is 5.44. The largest absolute Gasteiger partial charge is 0.495 e. The van der Waals surface area contributed by atoms with E-state index in [1.165, 1.54) is 0 Å². The van der Waals surface area contributed by atoms with Crippen LogP contribution in [0.15, 0.2) is 12.1 Å². The van der Waals surface area contributed by atoms with Crippen LogP contribution >= 0.6 is 0 Å². The third-order valence-electron chi connectivity index (χ3n) is 4.63. The maximum absolute atomic E-state index is 14.3. The van der Waals surface area contributed by atoms with Crippen molar-refractivity contribution >= 4 is 18.6 Å². The number of aliphatic carboxylic acids is 1. The second-order valence-corrected chi connectivity index (χ2v) is 7.26. The molecule has 0 aromatic heterocycles. The van der Waals surface area contributed by atoms with Gasteiger partial charge in [0.15, 0.2) is 17.4 Å². The van der Waals surface area contributed by atoms with Crippen molar-refractivity contribution in [2.75, 3.05) is 0 Å². The van der Waals surface area contributed by atoms with Crippen LogP contribution in [0, 0.1) is 11.6 Å². The lowest BCUT2D eigenvalue weighted by Crippen LogP contribution is -2.41. The fourth-order valence-corrected chi connectivity index (χ4v) is 2.39. The molecule has 5 nitrogen and oxygen atoms in total. The van der Waals surface area contributed by atoms with Gasteiger partial charge in [-0.1, -0.05) is 0 Å². The van der Waals surface area contributed by atoms with Crippen LogP contribution in [0.2, 0.25) is 0 Å². The van der Waals surface area contributed by atoms with E-state index in [0.29, 0.717) is 0 Å². The van der Waals surface area contributed by atoms with Gasteiger partial charge in [0.1, 0.15) is 0 Å². The standard InChI is InChI=1S/C17H23BF2O5/c1-10(6-7-14(21)22)23-15-12(19)8-11(9-13(15)20)18-24-16(2,3)17(4,5)25-18/h8-10H,6-7H2,1-5H3,(H,21,22)/t10-/m1/s1. The molecule has 1 aromatic rings. The first-order valence-corrected chi connectivity index (χ1v) is 8.16. The lowest BCUT2D eigenvalue weighted by atomic mass is 9.79. The van der Waals surface area contributed by atoms with Crippen molar-refractivity contribution in [3.05, 3.63) is 23.8 Å². The first kappa shape index (κ1) is 19.7. The highest BCUT2D eigenvalue weighted by Gasteiger charge is 2.52. The number of carboxylic acid groups (broad SMARTS) is 1. The van der Waals surface area contributed by atoms with E-state index in [0.717, 1.165) is 12.1 Å². The minimum absolute atomic E-state index is 0.142. The Hall–Kier alpha value is -1.67. The Balaban J connectivity index is 2.17. The van der Waals surface area contributed by atoms with Gasteiger partial charge in [-0.05, 0) is 58.6 Å². The molecule has 25 heavy (non-hydrogen) atoms. The van der Waals surface area contributed by atoms with Gasteiger partial charge in [0.2, 0.25) is 0 Å². The Morgan fingerprint density at radius 1 is 1.20 bits per heavy atom. The van der Waals surface area contributed by atoms with Gasteiger partial charge in [-0.2, -0.15) is 0 Å². The number of carbonyl (C=O) groups is 1. The first-order valence-electron chi connectivity index (χ1n) is 8.16. The molecule has 2 rings (SSSR count). The molecule has 0 unspecified atom stereocenters. The second kappa shape index (κ2) is 6.92. The summed E-state index contributed by atoms with van der Waals surface area (Å²) in [6, 6.07) is 2.23. The molecule has 0 amide bonds. The molecule has 8 heteroatoms. The summed E-state index contributed by atoms with van der Waals surface area (Å²) < 4.78 is 45.4. The fourth-order valence-electron chi connectivity index (χ4n) is 2.39. The van der Waals surface area contributed by atoms with Crippen LogP contribution in [0.25, 0.3) is 0 Å². The molecule has 1 atom stereocenters. The van der Waals surface area contributed by atoms with Gasteiger partial charge in [0.05, 0.1) is 17.3 Å². The van der Waals surface area contributed by atoms with Crippen LogP contribution in [0.4, 0.5) is 8.78 Å². The van der Waals surface area contributed by atoms with Crippen LogP contribution in [-0.4, -0.2) is 35.5 Å². The lowest BCUT2D eigenvalue weighted by molar-refractivity contribution is -0.137. The molecule has 1 aromatic carbocycles. The van der Waals surface area contributed by atoms with Gasteiger partial charge >= 0.3 is 13.1 Å². The Labute approximate surface area is 146 Å². The number of hydrogen-bond donors (Lipinski definition) is 1. The highest BCUT2D eigenvalue weighted by atomic mass is 19.1. The molecule has 1 heterocycles. The average molecular weight is 356 g/mol. The van der Waals surface area contributed by atoms with E-state index in [4.69, 9.17) is 19.2 Å². The van der Waals surface area contributed by atoms with Crippen molar-refractivity contribution in [2.45, 2.75) is 64.8 Å². The molecule has 1 saturated heterocycles.